The van der Waals surface area contributed by atoms with Crippen LogP contribution in [0.2, 0.25) is 0 Å². The fraction of sp³-hybridized carbons (Fsp3) is 0.467. The van der Waals surface area contributed by atoms with E-state index in [1.807, 2.05) is 34.5 Å². The van der Waals surface area contributed by atoms with Gasteiger partial charge in [-0.05, 0) is 36.8 Å². The molecule has 3 heterocycles. The summed E-state index contributed by atoms with van der Waals surface area (Å²) in [6.45, 7) is 1.69. The molecule has 0 unspecified atom stereocenters. The molecule has 106 valence electrons. The lowest BCUT2D eigenvalue weighted by atomic mass is 10.0. The summed E-state index contributed by atoms with van der Waals surface area (Å²) in [4.78, 5) is 15.7. The summed E-state index contributed by atoms with van der Waals surface area (Å²) in [6.07, 6.45) is 7.70. The highest BCUT2D eigenvalue weighted by molar-refractivity contribution is 7.10. The van der Waals surface area contributed by atoms with E-state index in [1.54, 1.807) is 17.5 Å². The molecule has 20 heavy (non-hydrogen) atoms. The molecule has 0 radical (unpaired) electrons. The number of carbonyl (C=O) groups is 1. The van der Waals surface area contributed by atoms with Crippen molar-refractivity contribution in [1.82, 2.24) is 14.7 Å². The molecule has 0 aliphatic carbocycles. The van der Waals surface area contributed by atoms with Crippen molar-refractivity contribution in [3.8, 4) is 0 Å². The van der Waals surface area contributed by atoms with E-state index in [9.17, 15) is 4.79 Å². The average Bonchev–Trinajstić information content (AvgIpc) is 3.13. The number of aromatic nitrogens is 2. The molecular formula is C15H19N3OS. The Bertz CT molecular complexity index is 535. The van der Waals surface area contributed by atoms with E-state index in [1.165, 1.54) is 6.42 Å². The first kappa shape index (κ1) is 13.4. The van der Waals surface area contributed by atoms with Crippen LogP contribution in [0.3, 0.4) is 0 Å². The first-order chi connectivity index (χ1) is 9.83. The largest absolute Gasteiger partial charge is 0.338 e. The van der Waals surface area contributed by atoms with Crippen molar-refractivity contribution < 1.29 is 4.79 Å². The van der Waals surface area contributed by atoms with Gasteiger partial charge >= 0.3 is 0 Å². The fourth-order valence-electron chi connectivity index (χ4n) is 2.81. The highest BCUT2D eigenvalue weighted by atomic mass is 32.1. The number of nitrogens with zero attached hydrogens (tertiary/aromatic N) is 3. The molecule has 4 nitrogen and oxygen atoms in total. The van der Waals surface area contributed by atoms with E-state index < -0.39 is 0 Å². The Balaban J connectivity index is 1.66. The predicted octanol–water partition coefficient (Wildman–Crippen LogP) is 2.57. The molecule has 0 bridgehead atoms. The highest BCUT2D eigenvalue weighted by Crippen LogP contribution is 2.20. The van der Waals surface area contributed by atoms with Crippen molar-refractivity contribution >= 4 is 17.2 Å². The van der Waals surface area contributed by atoms with E-state index in [0.717, 1.165) is 30.8 Å². The van der Waals surface area contributed by atoms with Gasteiger partial charge in [-0.2, -0.15) is 5.10 Å². The molecular weight excluding hydrogens is 270 g/mol. The quantitative estimate of drug-likeness (QED) is 0.867. The zero-order valence-electron chi connectivity index (χ0n) is 11.4. The molecule has 2 aromatic rings. The molecule has 1 saturated heterocycles. The average molecular weight is 289 g/mol. The topological polar surface area (TPSA) is 38.1 Å². The Morgan fingerprint density at radius 2 is 2.35 bits per heavy atom. The second kappa shape index (κ2) is 6.22. The molecule has 0 saturated carbocycles. The van der Waals surface area contributed by atoms with Crippen LogP contribution in [0.25, 0.3) is 0 Å². The normalized spacial score (nSPS) is 19.2. The second-order valence-electron chi connectivity index (χ2n) is 5.22. The highest BCUT2D eigenvalue weighted by Gasteiger charge is 2.27. The molecule has 3 rings (SSSR count). The van der Waals surface area contributed by atoms with E-state index in [-0.39, 0.29) is 11.9 Å². The number of likely N-dealkylation sites (tertiary alicyclic amines) is 1. The maximum Gasteiger partial charge on any atom is 0.228 e. The van der Waals surface area contributed by atoms with Crippen LogP contribution in [0.1, 0.15) is 24.1 Å². The van der Waals surface area contributed by atoms with Gasteiger partial charge in [-0.25, -0.2) is 0 Å². The van der Waals surface area contributed by atoms with Gasteiger partial charge in [-0.3, -0.25) is 9.48 Å². The lowest BCUT2D eigenvalue weighted by Gasteiger charge is -2.35. The van der Waals surface area contributed by atoms with Crippen molar-refractivity contribution in [2.75, 3.05) is 6.54 Å². The molecule has 5 heteroatoms. The van der Waals surface area contributed by atoms with Gasteiger partial charge in [0.05, 0.1) is 19.0 Å². The second-order valence-corrected chi connectivity index (χ2v) is 6.25. The number of amides is 1. The Morgan fingerprint density at radius 1 is 1.40 bits per heavy atom. The first-order valence-electron chi connectivity index (χ1n) is 7.12. The SMILES string of the molecule is O=C(Cc1cccs1)N1CCCC[C@H]1Cn1cccn1. The molecule has 0 aromatic carbocycles. The van der Waals surface area contributed by atoms with E-state index in [4.69, 9.17) is 0 Å². The monoisotopic (exact) mass is 289 g/mol. The Labute approximate surface area is 123 Å². The number of rotatable bonds is 4. The van der Waals surface area contributed by atoms with Crippen LogP contribution >= 0.6 is 11.3 Å². The standard InChI is InChI=1S/C15H19N3OS/c19-15(11-14-6-3-10-20-14)18-9-2-1-5-13(18)12-17-8-4-7-16-17/h3-4,6-8,10,13H,1-2,5,9,11-12H2/t13-/m0/s1. The summed E-state index contributed by atoms with van der Waals surface area (Å²) >= 11 is 1.66. The smallest absolute Gasteiger partial charge is 0.228 e. The van der Waals surface area contributed by atoms with Crippen LogP contribution in [0.4, 0.5) is 0 Å². The van der Waals surface area contributed by atoms with E-state index in [0.29, 0.717) is 6.42 Å². The third-order valence-electron chi connectivity index (χ3n) is 3.81. The number of hydrogen-bond acceptors (Lipinski definition) is 3. The summed E-state index contributed by atoms with van der Waals surface area (Å²) in [6, 6.07) is 6.26. The molecule has 1 fully saturated rings. The minimum Gasteiger partial charge on any atom is -0.338 e. The molecule has 0 N–H and O–H groups in total. The maximum absolute atomic E-state index is 12.5. The lowest BCUT2D eigenvalue weighted by Crippen LogP contribution is -2.46. The van der Waals surface area contributed by atoms with Gasteiger partial charge < -0.3 is 4.90 Å². The van der Waals surface area contributed by atoms with Gasteiger partial charge in [-0.15, -0.1) is 11.3 Å². The first-order valence-corrected chi connectivity index (χ1v) is 8.00. The molecule has 1 aliphatic rings. The molecule has 0 spiro atoms. The summed E-state index contributed by atoms with van der Waals surface area (Å²) in [5.74, 6) is 0.254. The number of hydrogen-bond donors (Lipinski definition) is 0. The van der Waals surface area contributed by atoms with Crippen LogP contribution in [0.5, 0.6) is 0 Å². The summed E-state index contributed by atoms with van der Waals surface area (Å²) in [5.41, 5.74) is 0. The zero-order valence-corrected chi connectivity index (χ0v) is 12.3. The predicted molar refractivity (Wildman–Crippen MR) is 79.6 cm³/mol. The third kappa shape index (κ3) is 3.10. The summed E-state index contributed by atoms with van der Waals surface area (Å²) in [7, 11) is 0. The maximum atomic E-state index is 12.5. The van der Waals surface area contributed by atoms with Crippen LogP contribution in [0.15, 0.2) is 36.0 Å². The number of piperidine rings is 1. The molecule has 2 aromatic heterocycles. The van der Waals surface area contributed by atoms with Crippen LogP contribution in [0, 0.1) is 0 Å². The summed E-state index contributed by atoms with van der Waals surface area (Å²) in [5, 5.41) is 6.29. The lowest BCUT2D eigenvalue weighted by molar-refractivity contribution is -0.134. The van der Waals surface area contributed by atoms with Crippen molar-refractivity contribution in [1.29, 1.82) is 0 Å². The van der Waals surface area contributed by atoms with E-state index in [2.05, 4.69) is 10.00 Å². The van der Waals surface area contributed by atoms with Crippen molar-refractivity contribution in [3.05, 3.63) is 40.8 Å². The van der Waals surface area contributed by atoms with Gasteiger partial charge in [-0.1, -0.05) is 6.07 Å². The van der Waals surface area contributed by atoms with Crippen molar-refractivity contribution in [2.24, 2.45) is 0 Å². The van der Waals surface area contributed by atoms with Crippen LogP contribution in [-0.4, -0.2) is 33.2 Å². The molecule has 1 amide bonds. The van der Waals surface area contributed by atoms with Gasteiger partial charge in [0.15, 0.2) is 0 Å². The van der Waals surface area contributed by atoms with Crippen molar-refractivity contribution in [2.45, 2.75) is 38.3 Å². The van der Waals surface area contributed by atoms with Crippen molar-refractivity contribution in [3.63, 3.8) is 0 Å². The third-order valence-corrected chi connectivity index (χ3v) is 4.69. The Morgan fingerprint density at radius 3 is 3.10 bits per heavy atom. The molecule has 1 atom stereocenters. The van der Waals surface area contributed by atoms with Gasteiger partial charge in [0.1, 0.15) is 0 Å². The Hall–Kier alpha value is -1.62. The number of carbonyl (C=O) groups excluding carboxylic acids is 1. The van der Waals surface area contributed by atoms with Crippen LogP contribution < -0.4 is 0 Å². The summed E-state index contributed by atoms with van der Waals surface area (Å²) < 4.78 is 1.93. The van der Waals surface area contributed by atoms with Gasteiger partial charge in [0.2, 0.25) is 5.91 Å². The van der Waals surface area contributed by atoms with Crippen LogP contribution in [-0.2, 0) is 17.8 Å². The fourth-order valence-corrected chi connectivity index (χ4v) is 3.50. The van der Waals surface area contributed by atoms with Gasteiger partial charge in [0.25, 0.3) is 0 Å². The Kier molecular flexibility index (Phi) is 4.16. The molecule has 1 aliphatic heterocycles. The minimum atomic E-state index is 0.254. The number of thiophene rings is 1. The minimum absolute atomic E-state index is 0.254. The zero-order chi connectivity index (χ0) is 13.8. The van der Waals surface area contributed by atoms with Gasteiger partial charge in [0, 0.05) is 23.8 Å². The van der Waals surface area contributed by atoms with E-state index >= 15 is 0 Å².